The van der Waals surface area contributed by atoms with Gasteiger partial charge in [-0.05, 0) is 43.7 Å². The van der Waals surface area contributed by atoms with Gasteiger partial charge in [-0.25, -0.2) is 21.1 Å². The number of amides is 1. The molecule has 2 aromatic carbocycles. The number of rotatable bonds is 5. The lowest BCUT2D eigenvalue weighted by atomic mass is 10.1. The molecule has 0 aromatic heterocycles. The largest absolute Gasteiger partial charge is 0.495 e. The van der Waals surface area contributed by atoms with Crippen LogP contribution < -0.4 is 13.8 Å². The third-order valence-corrected chi connectivity index (χ3v) is 7.45. The highest BCUT2D eigenvalue weighted by molar-refractivity contribution is 7.94. The van der Waals surface area contributed by atoms with E-state index >= 15 is 0 Å². The molecular formula is C18H20N2O6S2. The summed E-state index contributed by atoms with van der Waals surface area (Å²) in [6, 6.07) is 9.05. The Kier molecular flexibility index (Phi) is 5.11. The van der Waals surface area contributed by atoms with Crippen LogP contribution in [-0.2, 0) is 24.8 Å². The van der Waals surface area contributed by atoms with Crippen LogP contribution in [0, 0.1) is 13.8 Å². The van der Waals surface area contributed by atoms with Crippen molar-refractivity contribution in [2.24, 2.45) is 0 Å². The molecule has 0 spiro atoms. The smallest absolute Gasteiger partial charge is 0.265 e. The number of sulfonamides is 2. The van der Waals surface area contributed by atoms with E-state index in [1.165, 1.54) is 19.2 Å². The van der Waals surface area contributed by atoms with Gasteiger partial charge in [0.25, 0.3) is 10.0 Å². The minimum atomic E-state index is -4.11. The molecule has 1 amide bonds. The van der Waals surface area contributed by atoms with Crippen LogP contribution in [0.15, 0.2) is 41.3 Å². The first-order chi connectivity index (χ1) is 13.0. The lowest BCUT2D eigenvalue weighted by Crippen LogP contribution is -2.29. The van der Waals surface area contributed by atoms with E-state index in [0.717, 1.165) is 17.2 Å². The zero-order valence-electron chi connectivity index (χ0n) is 15.6. The number of hydrogen-bond donors (Lipinski definition) is 1. The number of carbonyl (C=O) groups is 1. The van der Waals surface area contributed by atoms with Crippen LogP contribution in [0.5, 0.6) is 5.75 Å². The van der Waals surface area contributed by atoms with Crippen molar-refractivity contribution in [3.63, 3.8) is 0 Å². The number of benzene rings is 2. The Morgan fingerprint density at radius 3 is 2.39 bits per heavy atom. The standard InChI is InChI=1S/C18H20N2O6S2/c1-12-4-6-15(13(2)10-12)19-28(24,25)17-11-14(5-7-16(17)26-3)20-18(21)8-9-27(20,22)23/h4-7,10-11,19H,8-9H2,1-3H3. The van der Waals surface area contributed by atoms with Crippen molar-refractivity contribution in [2.75, 3.05) is 21.9 Å². The highest BCUT2D eigenvalue weighted by atomic mass is 32.2. The van der Waals surface area contributed by atoms with E-state index in [1.807, 2.05) is 13.0 Å². The maximum absolute atomic E-state index is 13.0. The molecule has 2 aromatic rings. The van der Waals surface area contributed by atoms with Crippen molar-refractivity contribution in [3.8, 4) is 5.75 Å². The van der Waals surface area contributed by atoms with Crippen LogP contribution in [0.25, 0.3) is 0 Å². The van der Waals surface area contributed by atoms with Crippen LogP contribution in [0.4, 0.5) is 11.4 Å². The van der Waals surface area contributed by atoms with Crippen molar-refractivity contribution in [2.45, 2.75) is 25.2 Å². The Labute approximate surface area is 164 Å². The Balaban J connectivity index is 2.08. The molecule has 150 valence electrons. The van der Waals surface area contributed by atoms with Crippen molar-refractivity contribution in [3.05, 3.63) is 47.5 Å². The molecule has 1 aliphatic heterocycles. The van der Waals surface area contributed by atoms with E-state index in [4.69, 9.17) is 4.74 Å². The topological polar surface area (TPSA) is 110 Å². The third-order valence-electron chi connectivity index (χ3n) is 4.38. The average Bonchev–Trinajstić information content (AvgIpc) is 2.89. The SMILES string of the molecule is COc1ccc(N2C(=O)CCS2(=O)=O)cc1S(=O)(=O)Nc1ccc(C)cc1C. The van der Waals surface area contributed by atoms with Gasteiger partial charge in [-0.1, -0.05) is 17.7 Å². The summed E-state index contributed by atoms with van der Waals surface area (Å²) in [5, 5.41) is 0. The number of nitrogens with zero attached hydrogens (tertiary/aromatic N) is 1. The molecule has 8 nitrogen and oxygen atoms in total. The Bertz CT molecular complexity index is 1160. The lowest BCUT2D eigenvalue weighted by Gasteiger charge is -2.18. The fourth-order valence-electron chi connectivity index (χ4n) is 3.00. The maximum atomic E-state index is 13.0. The van der Waals surface area contributed by atoms with Gasteiger partial charge in [-0.2, -0.15) is 0 Å². The lowest BCUT2D eigenvalue weighted by molar-refractivity contribution is -0.116. The van der Waals surface area contributed by atoms with Gasteiger partial charge in [-0.3, -0.25) is 9.52 Å². The van der Waals surface area contributed by atoms with Gasteiger partial charge in [-0.15, -0.1) is 0 Å². The van der Waals surface area contributed by atoms with Gasteiger partial charge in [0.2, 0.25) is 15.9 Å². The zero-order chi connectivity index (χ0) is 20.7. The van der Waals surface area contributed by atoms with Crippen LogP contribution in [0.1, 0.15) is 17.5 Å². The fraction of sp³-hybridized carbons (Fsp3) is 0.278. The van der Waals surface area contributed by atoms with Gasteiger partial charge in [0, 0.05) is 6.42 Å². The second-order valence-electron chi connectivity index (χ2n) is 6.48. The first-order valence-electron chi connectivity index (χ1n) is 8.39. The van der Waals surface area contributed by atoms with E-state index in [9.17, 15) is 21.6 Å². The van der Waals surface area contributed by atoms with Crippen molar-refractivity contribution < 1.29 is 26.4 Å². The van der Waals surface area contributed by atoms with Crippen LogP contribution in [-0.4, -0.2) is 35.6 Å². The van der Waals surface area contributed by atoms with E-state index in [2.05, 4.69) is 4.72 Å². The molecule has 10 heteroatoms. The minimum absolute atomic E-state index is 0.0325. The maximum Gasteiger partial charge on any atom is 0.265 e. The molecule has 0 aliphatic carbocycles. The molecule has 28 heavy (non-hydrogen) atoms. The normalized spacial score (nSPS) is 16.2. The van der Waals surface area contributed by atoms with Crippen molar-refractivity contribution in [1.29, 1.82) is 0 Å². The van der Waals surface area contributed by atoms with Crippen LogP contribution >= 0.6 is 0 Å². The molecule has 1 N–H and O–H groups in total. The number of anilines is 2. The van der Waals surface area contributed by atoms with Gasteiger partial charge in [0.15, 0.2) is 0 Å². The summed E-state index contributed by atoms with van der Waals surface area (Å²) >= 11 is 0. The molecule has 1 heterocycles. The molecule has 0 radical (unpaired) electrons. The summed E-state index contributed by atoms with van der Waals surface area (Å²) in [4.78, 5) is 11.8. The Hall–Kier alpha value is -2.59. The molecule has 0 bridgehead atoms. The molecular weight excluding hydrogens is 404 g/mol. The number of nitrogens with one attached hydrogen (secondary N) is 1. The minimum Gasteiger partial charge on any atom is -0.495 e. The summed E-state index contributed by atoms with van der Waals surface area (Å²) < 4.78 is 58.6. The van der Waals surface area contributed by atoms with Crippen LogP contribution in [0.3, 0.4) is 0 Å². The molecule has 1 saturated heterocycles. The van der Waals surface area contributed by atoms with E-state index in [0.29, 0.717) is 9.99 Å². The fourth-order valence-corrected chi connectivity index (χ4v) is 5.77. The van der Waals surface area contributed by atoms with E-state index in [-0.39, 0.29) is 28.5 Å². The first kappa shape index (κ1) is 20.2. The summed E-state index contributed by atoms with van der Waals surface area (Å²) in [6.07, 6.45) is -0.142. The molecule has 1 fully saturated rings. The summed E-state index contributed by atoms with van der Waals surface area (Å²) in [6.45, 7) is 3.67. The Morgan fingerprint density at radius 1 is 1.11 bits per heavy atom. The highest BCUT2D eigenvalue weighted by Gasteiger charge is 2.37. The quantitative estimate of drug-likeness (QED) is 0.788. The molecule has 0 atom stereocenters. The number of methoxy groups -OCH3 is 1. The van der Waals surface area contributed by atoms with Crippen molar-refractivity contribution in [1.82, 2.24) is 0 Å². The molecule has 0 saturated carbocycles. The van der Waals surface area contributed by atoms with Gasteiger partial charge < -0.3 is 4.74 Å². The van der Waals surface area contributed by atoms with E-state index < -0.39 is 26.0 Å². The summed E-state index contributed by atoms with van der Waals surface area (Å²) in [5.74, 6) is -0.873. The molecule has 1 aliphatic rings. The monoisotopic (exact) mass is 424 g/mol. The average molecular weight is 425 g/mol. The van der Waals surface area contributed by atoms with Gasteiger partial charge >= 0.3 is 0 Å². The number of aryl methyl sites for hydroxylation is 2. The summed E-state index contributed by atoms with van der Waals surface area (Å²) in [5.41, 5.74) is 2.07. The Morgan fingerprint density at radius 2 is 1.82 bits per heavy atom. The molecule has 3 rings (SSSR count). The van der Waals surface area contributed by atoms with Gasteiger partial charge in [0.1, 0.15) is 10.6 Å². The molecule has 0 unspecified atom stereocenters. The number of carbonyl (C=O) groups excluding carboxylic acids is 1. The van der Waals surface area contributed by atoms with E-state index in [1.54, 1.807) is 19.1 Å². The second-order valence-corrected chi connectivity index (χ2v) is 10.1. The highest BCUT2D eigenvalue weighted by Crippen LogP contribution is 2.33. The predicted molar refractivity (Wildman–Crippen MR) is 106 cm³/mol. The zero-order valence-corrected chi connectivity index (χ0v) is 17.2. The first-order valence-corrected chi connectivity index (χ1v) is 11.5. The third kappa shape index (κ3) is 3.69. The van der Waals surface area contributed by atoms with Crippen molar-refractivity contribution >= 4 is 37.3 Å². The second kappa shape index (κ2) is 7.10. The predicted octanol–water partition coefficient (Wildman–Crippen LogP) is 2.18. The van der Waals surface area contributed by atoms with Gasteiger partial charge in [0.05, 0.1) is 24.2 Å². The number of hydrogen-bond acceptors (Lipinski definition) is 6. The summed E-state index contributed by atoms with van der Waals surface area (Å²) in [7, 11) is -6.61. The number of ether oxygens (including phenoxy) is 1. The van der Waals surface area contributed by atoms with Crippen LogP contribution in [0.2, 0.25) is 0 Å².